The van der Waals surface area contributed by atoms with Gasteiger partial charge < -0.3 is 10.1 Å². The summed E-state index contributed by atoms with van der Waals surface area (Å²) in [5, 5.41) is 2.68. The highest BCUT2D eigenvalue weighted by atomic mass is 32.2. The fourth-order valence-electron chi connectivity index (χ4n) is 2.34. The van der Waals surface area contributed by atoms with E-state index >= 15 is 0 Å². The molecule has 1 aliphatic rings. The van der Waals surface area contributed by atoms with Crippen molar-refractivity contribution in [1.82, 2.24) is 13.9 Å². The van der Waals surface area contributed by atoms with Gasteiger partial charge in [-0.1, -0.05) is 12.1 Å². The third kappa shape index (κ3) is 4.92. The summed E-state index contributed by atoms with van der Waals surface area (Å²) in [5.41, 5.74) is 1.10. The molecule has 0 aromatic heterocycles. The monoisotopic (exact) mass is 341 g/mol. The molecule has 128 valence electrons. The quantitative estimate of drug-likeness (QED) is 0.759. The van der Waals surface area contributed by atoms with Gasteiger partial charge in [0.1, 0.15) is 12.4 Å². The van der Waals surface area contributed by atoms with Crippen molar-refractivity contribution in [3.05, 3.63) is 29.8 Å². The first-order chi connectivity index (χ1) is 10.9. The molecule has 0 radical (unpaired) electrons. The van der Waals surface area contributed by atoms with Crippen LogP contribution in [0.3, 0.4) is 0 Å². The lowest BCUT2D eigenvalue weighted by Crippen LogP contribution is -2.51. The normalized spacial score (nSPS) is 18.5. The van der Waals surface area contributed by atoms with E-state index in [1.54, 1.807) is 0 Å². The Morgan fingerprint density at radius 3 is 2.87 bits per heavy atom. The number of hydrogen-bond acceptors (Lipinski definition) is 4. The molecule has 0 saturated carbocycles. The van der Waals surface area contributed by atoms with Crippen LogP contribution in [0.5, 0.6) is 5.75 Å². The first-order valence-corrected chi connectivity index (χ1v) is 8.97. The van der Waals surface area contributed by atoms with Crippen LogP contribution in [0.15, 0.2) is 24.3 Å². The minimum Gasteiger partial charge on any atom is -0.492 e. The molecular weight excluding hydrogens is 318 g/mol. The van der Waals surface area contributed by atoms with Crippen molar-refractivity contribution in [3.8, 4) is 5.75 Å². The number of rotatable bonds is 6. The Bertz CT molecular complexity index is 648. The van der Waals surface area contributed by atoms with Crippen LogP contribution in [0.4, 0.5) is 0 Å². The molecule has 0 atom stereocenters. The van der Waals surface area contributed by atoms with E-state index < -0.39 is 10.2 Å². The standard InChI is InChI=1S/C15H23N3O4S/c1-13-5-3-6-14(11-13)22-10-7-16-15(19)12-18-9-4-8-17(2)23(18,20)21/h3,5-6,11H,4,7-10,12H2,1-2H3,(H,16,19). The SMILES string of the molecule is Cc1cccc(OCCNC(=O)CN2CCCN(C)S2(=O)=O)c1. The predicted octanol–water partition coefficient (Wildman–Crippen LogP) is 0.372. The molecule has 2 rings (SSSR count). The second-order valence-electron chi connectivity index (χ2n) is 5.53. The molecular formula is C15H23N3O4S. The minimum atomic E-state index is -3.50. The van der Waals surface area contributed by atoms with E-state index in [2.05, 4.69) is 5.32 Å². The van der Waals surface area contributed by atoms with Gasteiger partial charge in [-0.05, 0) is 31.0 Å². The Labute approximate surface area is 137 Å². The van der Waals surface area contributed by atoms with Crippen molar-refractivity contribution >= 4 is 16.1 Å². The van der Waals surface area contributed by atoms with Crippen LogP contribution in [0.25, 0.3) is 0 Å². The van der Waals surface area contributed by atoms with Crippen molar-refractivity contribution in [2.24, 2.45) is 0 Å². The summed E-state index contributed by atoms with van der Waals surface area (Å²) in [6.45, 7) is 3.35. The highest BCUT2D eigenvalue weighted by Crippen LogP contribution is 2.13. The zero-order valence-electron chi connectivity index (χ0n) is 13.5. The largest absolute Gasteiger partial charge is 0.492 e. The summed E-state index contributed by atoms with van der Waals surface area (Å²) in [6, 6.07) is 7.65. The zero-order valence-corrected chi connectivity index (χ0v) is 14.3. The van der Waals surface area contributed by atoms with Gasteiger partial charge in [-0.3, -0.25) is 4.79 Å². The highest BCUT2D eigenvalue weighted by molar-refractivity contribution is 7.86. The van der Waals surface area contributed by atoms with Crippen LogP contribution >= 0.6 is 0 Å². The summed E-state index contributed by atoms with van der Waals surface area (Å²) in [4.78, 5) is 11.9. The molecule has 1 heterocycles. The number of amides is 1. The maximum Gasteiger partial charge on any atom is 0.282 e. The lowest BCUT2D eigenvalue weighted by atomic mass is 10.2. The molecule has 1 N–H and O–H groups in total. The summed E-state index contributed by atoms with van der Waals surface area (Å²) >= 11 is 0. The van der Waals surface area contributed by atoms with Crippen molar-refractivity contribution in [3.63, 3.8) is 0 Å². The molecule has 0 unspecified atom stereocenters. The fraction of sp³-hybridized carbons (Fsp3) is 0.533. The van der Waals surface area contributed by atoms with E-state index in [9.17, 15) is 13.2 Å². The molecule has 0 bridgehead atoms. The molecule has 0 aliphatic carbocycles. The first kappa shape index (κ1) is 17.7. The molecule has 8 heteroatoms. The second-order valence-corrected chi connectivity index (χ2v) is 7.57. The lowest BCUT2D eigenvalue weighted by Gasteiger charge is -2.31. The molecule has 1 amide bonds. The number of ether oxygens (including phenoxy) is 1. The van der Waals surface area contributed by atoms with E-state index in [1.165, 1.54) is 15.7 Å². The predicted molar refractivity (Wildman–Crippen MR) is 87.4 cm³/mol. The molecule has 1 aromatic rings. The molecule has 7 nitrogen and oxygen atoms in total. The zero-order chi connectivity index (χ0) is 16.9. The average Bonchev–Trinajstić information content (AvgIpc) is 2.49. The third-order valence-corrected chi connectivity index (χ3v) is 5.54. The molecule has 1 aliphatic heterocycles. The topological polar surface area (TPSA) is 79.0 Å². The Balaban J connectivity index is 1.73. The molecule has 0 spiro atoms. The van der Waals surface area contributed by atoms with E-state index in [-0.39, 0.29) is 12.5 Å². The average molecular weight is 341 g/mol. The van der Waals surface area contributed by atoms with Gasteiger partial charge in [0.25, 0.3) is 10.2 Å². The Morgan fingerprint density at radius 2 is 2.13 bits per heavy atom. The van der Waals surface area contributed by atoms with E-state index in [1.807, 2.05) is 31.2 Å². The van der Waals surface area contributed by atoms with Gasteiger partial charge in [0, 0.05) is 20.1 Å². The van der Waals surface area contributed by atoms with Gasteiger partial charge >= 0.3 is 0 Å². The van der Waals surface area contributed by atoms with Gasteiger partial charge in [-0.2, -0.15) is 17.0 Å². The summed E-state index contributed by atoms with van der Waals surface area (Å²) in [7, 11) is -1.98. The molecule has 1 saturated heterocycles. The third-order valence-electron chi connectivity index (χ3n) is 3.60. The van der Waals surface area contributed by atoms with Crippen molar-refractivity contribution in [1.29, 1.82) is 0 Å². The van der Waals surface area contributed by atoms with Crippen LogP contribution in [0, 0.1) is 6.92 Å². The summed E-state index contributed by atoms with van der Waals surface area (Å²) in [6.07, 6.45) is 0.722. The second kappa shape index (κ2) is 7.76. The Morgan fingerprint density at radius 1 is 1.35 bits per heavy atom. The molecule has 23 heavy (non-hydrogen) atoms. The number of nitrogens with one attached hydrogen (secondary N) is 1. The van der Waals surface area contributed by atoms with E-state index in [4.69, 9.17) is 4.74 Å². The van der Waals surface area contributed by atoms with Crippen LogP contribution < -0.4 is 10.1 Å². The Kier molecular flexibility index (Phi) is 5.97. The van der Waals surface area contributed by atoms with Crippen molar-refractivity contribution < 1.29 is 17.9 Å². The lowest BCUT2D eigenvalue weighted by molar-refractivity contribution is -0.121. The maximum absolute atomic E-state index is 12.0. The minimum absolute atomic E-state index is 0.156. The van der Waals surface area contributed by atoms with Crippen LogP contribution in [-0.4, -0.2) is 62.8 Å². The van der Waals surface area contributed by atoms with Crippen LogP contribution in [-0.2, 0) is 15.0 Å². The number of nitrogens with zero attached hydrogens (tertiary/aromatic N) is 2. The van der Waals surface area contributed by atoms with E-state index in [0.717, 1.165) is 17.7 Å². The first-order valence-electron chi connectivity index (χ1n) is 7.57. The molecule has 1 aromatic carbocycles. The number of benzene rings is 1. The fourth-order valence-corrected chi connectivity index (χ4v) is 3.73. The van der Waals surface area contributed by atoms with Crippen molar-refractivity contribution in [2.75, 3.05) is 39.8 Å². The highest BCUT2D eigenvalue weighted by Gasteiger charge is 2.31. The number of carbonyl (C=O) groups is 1. The van der Waals surface area contributed by atoms with Crippen LogP contribution in [0.2, 0.25) is 0 Å². The number of hydrogen-bond donors (Lipinski definition) is 1. The van der Waals surface area contributed by atoms with Gasteiger partial charge in [-0.15, -0.1) is 0 Å². The van der Waals surface area contributed by atoms with Gasteiger partial charge in [-0.25, -0.2) is 0 Å². The maximum atomic E-state index is 12.0. The van der Waals surface area contributed by atoms with Gasteiger partial charge in [0.2, 0.25) is 5.91 Å². The number of carbonyl (C=O) groups excluding carboxylic acids is 1. The van der Waals surface area contributed by atoms with Crippen molar-refractivity contribution in [2.45, 2.75) is 13.3 Å². The van der Waals surface area contributed by atoms with Crippen LogP contribution in [0.1, 0.15) is 12.0 Å². The summed E-state index contributed by atoms with van der Waals surface area (Å²) < 4.78 is 32.1. The van der Waals surface area contributed by atoms with E-state index in [0.29, 0.717) is 26.2 Å². The number of aryl methyl sites for hydroxylation is 1. The Hall–Kier alpha value is -1.64. The smallest absolute Gasteiger partial charge is 0.282 e. The van der Waals surface area contributed by atoms with Gasteiger partial charge in [0.05, 0.1) is 13.1 Å². The van der Waals surface area contributed by atoms with Gasteiger partial charge in [0.15, 0.2) is 0 Å². The summed E-state index contributed by atoms with van der Waals surface area (Å²) in [5.74, 6) is 0.427. The molecule has 1 fully saturated rings.